The largest absolute Gasteiger partial charge is 0.508 e. The van der Waals surface area contributed by atoms with Crippen molar-refractivity contribution in [1.29, 1.82) is 0 Å². The summed E-state index contributed by atoms with van der Waals surface area (Å²) in [5.74, 6) is -20.0. The Labute approximate surface area is 775 Å². The van der Waals surface area contributed by atoms with Gasteiger partial charge in [0.15, 0.2) is 0 Å². The monoisotopic (exact) mass is 1880 g/mol. The lowest BCUT2D eigenvalue weighted by Gasteiger charge is -2.36. The summed E-state index contributed by atoms with van der Waals surface area (Å²) in [5.41, 5.74) is 14.1. The number of aromatic amines is 3. The van der Waals surface area contributed by atoms with Crippen molar-refractivity contribution in [3.8, 4) is 5.75 Å². The van der Waals surface area contributed by atoms with Crippen molar-refractivity contribution in [3.63, 3.8) is 0 Å². The van der Waals surface area contributed by atoms with E-state index in [1.54, 1.807) is 67.8 Å². The second-order valence-electron chi connectivity index (χ2n) is 33.6. The van der Waals surface area contributed by atoms with Crippen LogP contribution in [-0.4, -0.2) is 333 Å². The molecule has 3 aromatic heterocycles. The van der Waals surface area contributed by atoms with Gasteiger partial charge in [0.05, 0.1) is 37.0 Å². The fraction of sp³-hybridized carbons (Fsp3) is 0.517. The van der Waals surface area contributed by atoms with Crippen LogP contribution in [0.2, 0.25) is 0 Å². The minimum absolute atomic E-state index is 0.00294. The number of unbranched alkanes of at least 4 members (excludes halogenated alkanes) is 2. The van der Waals surface area contributed by atoms with Crippen molar-refractivity contribution in [3.05, 3.63) is 120 Å². The number of phenols is 1. The van der Waals surface area contributed by atoms with Crippen molar-refractivity contribution < 1.29 is 112 Å². The smallest absolute Gasteiger partial charge is 0.303 e. The summed E-state index contributed by atoms with van der Waals surface area (Å²) < 4.78 is 0. The number of fused-ring (bicyclic) bond motifs is 4. The molecule has 3 aliphatic heterocycles. The Balaban J connectivity index is 1.10. The van der Waals surface area contributed by atoms with Crippen LogP contribution in [0.3, 0.4) is 0 Å². The first kappa shape index (κ1) is 104. The number of aliphatic hydroxyl groups is 2. The van der Waals surface area contributed by atoms with Crippen molar-refractivity contribution >= 4 is 140 Å². The first-order chi connectivity index (χ1) is 63.9. The lowest BCUT2D eigenvalue weighted by molar-refractivity contribution is -0.149. The summed E-state index contributed by atoms with van der Waals surface area (Å²) in [6.45, 7) is 2.12. The van der Waals surface area contributed by atoms with Gasteiger partial charge in [-0.2, -0.15) is 0 Å². The highest BCUT2D eigenvalue weighted by molar-refractivity contribution is 8.00. The van der Waals surface area contributed by atoms with Crippen LogP contribution in [-0.2, 0) is 112 Å². The average molecular weight is 1890 g/mol. The molecule has 22 N–H and O–H groups in total. The molecule has 0 bridgehead atoms. The number of likely N-dealkylation sites (N-methyl/N-ethyl adjacent to an activating group) is 3. The molecule has 9 rings (SSSR count). The fourth-order valence-corrected chi connectivity index (χ4v) is 17.2. The number of nitrogens with zero attached hydrogens (tertiary/aromatic N) is 6. The SMILES string of the molecule is CCCC[C@H]1C(=O)N(C)[C@@H](CCCC)C(=O)N[C@@H](CCC(=O)O)C(=O)N[C@H](C(=O)NCC(N)=O)CSCC(=O)N[C@@H](Cc2ccc(O)cc2)C(=O)N(C)[C@@H](C)C(=O)N[C@@H](CCN)C(=O)N2CCC[C@H]2C(=O)N[C@@H](Cc2c[nH]cn2)C(=O)N[C@@H](CCC(=O)O)C(=O)N2C[C@H](O)C[C@H]2C(=O)N[C@@H](Cc2c[nH]c3ccccc23)C(=O)N[C@@H](CO)C(=O)N[C@@H](Cc2c[nH]c3ccccc23)C(=O)N1C. The Bertz CT molecular complexity index is 5190. The molecule has 0 spiro atoms. The van der Waals surface area contributed by atoms with E-state index in [4.69, 9.17) is 11.5 Å². The van der Waals surface area contributed by atoms with Gasteiger partial charge >= 0.3 is 11.9 Å². The van der Waals surface area contributed by atoms with Crippen LogP contribution in [0.5, 0.6) is 5.75 Å². The summed E-state index contributed by atoms with van der Waals surface area (Å²) in [7, 11) is 3.81. The van der Waals surface area contributed by atoms with E-state index in [1.165, 1.54) is 64.9 Å². The number of nitrogens with one attached hydrogen (secondary N) is 13. The van der Waals surface area contributed by atoms with Crippen molar-refractivity contribution in [2.75, 3.05) is 65.4 Å². The minimum atomic E-state index is -1.94. The summed E-state index contributed by atoms with van der Waals surface area (Å²) in [6, 6.07) is -3.29. The maximum absolute atomic E-state index is 15.7. The van der Waals surface area contributed by atoms with Gasteiger partial charge in [0.1, 0.15) is 90.3 Å². The number of carboxylic acid groups (broad SMARTS) is 2. The standard InChI is InChI=1S/C89H121N21O23S/c1-7-9-20-68-82(126)98-59(27-29-74(116)117)78(122)105-67(77(121)95-42-72(91)114)45-134-46-73(115)97-64(34-49-23-25-53(112)26-24-49)85(129)106(4)48(3)76(120)99-61(31-32-90)87(131)109-33-15-22-69(109)83(127)102-63(37-52-41-92-47-96-52)80(124)100-60(28-30-75(118)119)88(132)110-43-54(113)38-71(110)84(128)101-62(35-50-39-93-57-18-13-11-16-55(50)57)79(123)104-66(44-111)81(125)103-65(36-51-40-94-58-19-14-12-17-56(51)58)86(130)108(6)70(21-10-8-2)89(133)107(68)5/h11-14,16-19,23-26,39-41,47-48,54,59-71,93-94,111-113H,7-10,15,20-22,27-38,42-46,90H2,1-6H3,(H2,91,114)(H,92,96)(H,95,121)(H,97,115)(H,98,126)(H,99,120)(H,100,124)(H,101,128)(H,102,127)(H,103,125)(H,104,123)(H,105,122)(H,116,117)(H,118,119)/t48-,54+,59-,60-,61-,62-,63-,64-,65-,66-,67-,68-,69-,70-,71-/m0/s1. The van der Waals surface area contributed by atoms with Crippen molar-refractivity contribution in [1.82, 2.24) is 97.6 Å². The van der Waals surface area contributed by atoms with Gasteiger partial charge in [-0.25, -0.2) is 4.98 Å². The number of aromatic hydroxyl groups is 1. The van der Waals surface area contributed by atoms with E-state index < -0.39 is 267 Å². The van der Waals surface area contributed by atoms with Gasteiger partial charge in [-0.1, -0.05) is 88.1 Å². The number of carbonyl (C=O) groups is 18. The lowest BCUT2D eigenvalue weighted by Crippen LogP contribution is -2.61. The number of phenolic OH excluding ortho intramolecular Hbond substituents is 1. The quantitative estimate of drug-likeness (QED) is 0.0257. The van der Waals surface area contributed by atoms with E-state index in [0.29, 0.717) is 51.3 Å². The molecule has 0 unspecified atom stereocenters. The highest BCUT2D eigenvalue weighted by Crippen LogP contribution is 2.28. The zero-order valence-electron chi connectivity index (χ0n) is 75.4. The van der Waals surface area contributed by atoms with Gasteiger partial charge in [-0.05, 0) is 99.4 Å². The van der Waals surface area contributed by atoms with Crippen LogP contribution in [0, 0.1) is 0 Å². The number of primary amides is 1. The third-order valence-electron chi connectivity index (χ3n) is 24.0. The number of aromatic nitrogens is 4. The van der Waals surface area contributed by atoms with Crippen LogP contribution in [0.4, 0.5) is 0 Å². The molecule has 44 nitrogen and oxygen atoms in total. The molecule has 0 saturated carbocycles. The number of carbonyl (C=O) groups excluding carboxylic acids is 16. The van der Waals surface area contributed by atoms with Gasteiger partial charge < -0.3 is 130 Å². The molecule has 16 amide bonds. The summed E-state index contributed by atoms with van der Waals surface area (Å²) in [5, 5.41) is 79.9. The van der Waals surface area contributed by atoms with E-state index in [9.17, 15) is 73.5 Å². The molecule has 6 heterocycles. The number of carboxylic acids is 2. The normalized spacial score (nSPS) is 24.8. The third-order valence-corrected chi connectivity index (χ3v) is 25.0. The number of amides is 16. The molecule has 726 valence electrons. The maximum atomic E-state index is 15.7. The van der Waals surface area contributed by atoms with Crippen molar-refractivity contribution in [2.24, 2.45) is 11.5 Å². The molecule has 15 atom stereocenters. The highest BCUT2D eigenvalue weighted by atomic mass is 32.2. The van der Waals surface area contributed by atoms with Crippen LogP contribution < -0.4 is 64.6 Å². The molecule has 3 fully saturated rings. The van der Waals surface area contributed by atoms with Gasteiger partial charge in [-0.15, -0.1) is 11.8 Å². The van der Waals surface area contributed by atoms with Gasteiger partial charge in [0.25, 0.3) is 0 Å². The molecule has 45 heteroatoms. The summed E-state index contributed by atoms with van der Waals surface area (Å²) in [4.78, 5) is 279. The van der Waals surface area contributed by atoms with E-state index in [-0.39, 0.29) is 88.7 Å². The zero-order chi connectivity index (χ0) is 97.7. The minimum Gasteiger partial charge on any atom is -0.508 e. The molecule has 134 heavy (non-hydrogen) atoms. The Morgan fingerprint density at radius 3 is 1.63 bits per heavy atom. The Morgan fingerprint density at radius 2 is 1.04 bits per heavy atom. The number of H-pyrrole nitrogens is 3. The van der Waals surface area contributed by atoms with Crippen LogP contribution in [0.25, 0.3) is 21.8 Å². The average Bonchev–Trinajstić information content (AvgIpc) is 1.65. The molecular weight excluding hydrogens is 1760 g/mol. The molecular formula is C89H121N21O23S. The summed E-state index contributed by atoms with van der Waals surface area (Å²) in [6.07, 6.45) is 0.984. The van der Waals surface area contributed by atoms with Crippen LogP contribution in [0.1, 0.15) is 133 Å². The number of hydrogen-bond acceptors (Lipinski definition) is 24. The number of benzene rings is 3. The summed E-state index contributed by atoms with van der Waals surface area (Å²) >= 11 is 0.719. The third kappa shape index (κ3) is 28.5. The Hall–Kier alpha value is -13.6. The first-order valence-corrected chi connectivity index (χ1v) is 45.6. The first-order valence-electron chi connectivity index (χ1n) is 44.5. The second-order valence-corrected chi connectivity index (χ2v) is 34.7. The number of imidazole rings is 1. The van der Waals surface area contributed by atoms with E-state index in [2.05, 4.69) is 73.1 Å². The van der Waals surface area contributed by atoms with E-state index >= 15 is 38.4 Å². The van der Waals surface area contributed by atoms with Crippen molar-refractivity contribution in [2.45, 2.75) is 227 Å². The second kappa shape index (κ2) is 49.8. The number of hydrogen-bond donors (Lipinski definition) is 20. The van der Waals surface area contributed by atoms with Gasteiger partial charge in [0, 0.05) is 125 Å². The lowest BCUT2D eigenvalue weighted by atomic mass is 10.00. The number of aliphatic carboxylic acids is 2. The molecule has 0 radical (unpaired) electrons. The maximum Gasteiger partial charge on any atom is 0.303 e. The Kier molecular flexibility index (Phi) is 38.7. The number of thioether (sulfide) groups is 1. The van der Waals surface area contributed by atoms with E-state index in [0.717, 1.165) is 36.3 Å². The zero-order valence-corrected chi connectivity index (χ0v) is 76.2. The van der Waals surface area contributed by atoms with Crippen LogP contribution >= 0.6 is 11.8 Å². The fourth-order valence-electron chi connectivity index (χ4n) is 16.4. The van der Waals surface area contributed by atoms with Crippen LogP contribution in [0.15, 0.2) is 97.7 Å². The van der Waals surface area contributed by atoms with Gasteiger partial charge in [-0.3, -0.25) is 86.3 Å². The van der Waals surface area contributed by atoms with E-state index in [1.807, 2.05) is 6.92 Å². The number of aliphatic hydroxyl groups excluding tert-OH is 2. The molecule has 0 aliphatic carbocycles. The molecule has 3 saturated heterocycles. The van der Waals surface area contributed by atoms with Gasteiger partial charge in [0.2, 0.25) is 94.5 Å². The number of nitrogens with two attached hydrogens (primary N) is 2. The highest BCUT2D eigenvalue weighted by Gasteiger charge is 2.47. The topological polar surface area (TPSA) is 657 Å². The predicted octanol–water partition coefficient (Wildman–Crippen LogP) is -3.04. The number of rotatable bonds is 26. The predicted molar refractivity (Wildman–Crippen MR) is 485 cm³/mol. The molecule has 3 aromatic carbocycles. The Morgan fingerprint density at radius 1 is 0.530 bits per heavy atom. The molecule has 6 aromatic rings. The number of para-hydroxylation sites is 2. The molecule has 3 aliphatic rings.